The van der Waals surface area contributed by atoms with Crippen molar-refractivity contribution < 1.29 is 23.0 Å². The van der Waals surface area contributed by atoms with E-state index in [2.05, 4.69) is 14.9 Å². The van der Waals surface area contributed by atoms with Gasteiger partial charge in [0, 0.05) is 36.7 Å². The Kier molecular flexibility index (Phi) is 4.53. The zero-order valence-corrected chi connectivity index (χ0v) is 14.4. The number of morpholine rings is 1. The molecule has 0 atom stereocenters. The number of aromatic hydroxyl groups is 1. The summed E-state index contributed by atoms with van der Waals surface area (Å²) in [7, 11) is 0. The Morgan fingerprint density at radius 3 is 2.59 bits per heavy atom. The Labute approximate surface area is 153 Å². The van der Waals surface area contributed by atoms with Crippen molar-refractivity contribution in [3.05, 3.63) is 47.7 Å². The predicted octanol–water partition coefficient (Wildman–Crippen LogP) is 3.79. The molecule has 1 saturated heterocycles. The van der Waals surface area contributed by atoms with Gasteiger partial charge in [-0.3, -0.25) is 9.88 Å². The lowest BCUT2D eigenvalue weighted by Gasteiger charge is -2.26. The molecule has 0 spiro atoms. The van der Waals surface area contributed by atoms with Crippen LogP contribution in [-0.4, -0.2) is 46.3 Å². The molecule has 1 aliphatic heterocycles. The average molecular weight is 377 g/mol. The molecule has 1 aliphatic rings. The van der Waals surface area contributed by atoms with E-state index in [0.29, 0.717) is 24.4 Å². The topological polar surface area (TPSA) is 61.4 Å². The smallest absolute Gasteiger partial charge is 0.416 e. The largest absolute Gasteiger partial charge is 0.494 e. The fraction of sp³-hybridized carbons (Fsp3) is 0.316. The fourth-order valence-corrected chi connectivity index (χ4v) is 3.30. The van der Waals surface area contributed by atoms with Gasteiger partial charge in [0.05, 0.1) is 30.0 Å². The molecule has 0 unspecified atom stereocenters. The van der Waals surface area contributed by atoms with Gasteiger partial charge >= 0.3 is 6.18 Å². The Morgan fingerprint density at radius 2 is 1.93 bits per heavy atom. The third-order valence-corrected chi connectivity index (χ3v) is 4.70. The number of H-pyrrole nitrogens is 1. The van der Waals surface area contributed by atoms with Crippen molar-refractivity contribution in [2.75, 3.05) is 26.3 Å². The van der Waals surface area contributed by atoms with E-state index in [1.54, 1.807) is 12.3 Å². The Bertz CT molecular complexity index is 945. The molecule has 0 aliphatic carbocycles. The van der Waals surface area contributed by atoms with Crippen LogP contribution in [0.1, 0.15) is 11.1 Å². The average Bonchev–Trinajstić information content (AvgIpc) is 2.97. The van der Waals surface area contributed by atoms with Crippen molar-refractivity contribution in [1.82, 2.24) is 14.9 Å². The normalized spacial score (nSPS) is 16.1. The summed E-state index contributed by atoms with van der Waals surface area (Å²) in [6, 6.07) is 6.93. The van der Waals surface area contributed by atoms with Crippen LogP contribution in [0.2, 0.25) is 0 Å². The second kappa shape index (κ2) is 6.86. The Morgan fingerprint density at radius 1 is 1.15 bits per heavy atom. The molecule has 3 aromatic rings. The minimum atomic E-state index is -4.45. The van der Waals surface area contributed by atoms with Gasteiger partial charge in [0.15, 0.2) is 5.88 Å². The van der Waals surface area contributed by atoms with E-state index < -0.39 is 11.7 Å². The first kappa shape index (κ1) is 17.8. The van der Waals surface area contributed by atoms with Gasteiger partial charge in [0.2, 0.25) is 0 Å². The van der Waals surface area contributed by atoms with Gasteiger partial charge in [-0.15, -0.1) is 0 Å². The molecule has 1 aromatic carbocycles. The van der Waals surface area contributed by atoms with Gasteiger partial charge in [-0.1, -0.05) is 6.07 Å². The van der Waals surface area contributed by atoms with Gasteiger partial charge in [0.25, 0.3) is 0 Å². The number of fused-ring (bicyclic) bond motifs is 1. The van der Waals surface area contributed by atoms with Crippen LogP contribution < -0.4 is 0 Å². The minimum absolute atomic E-state index is 0.197. The number of rotatable bonds is 3. The van der Waals surface area contributed by atoms with E-state index in [1.807, 2.05) is 6.07 Å². The summed E-state index contributed by atoms with van der Waals surface area (Å²) >= 11 is 0. The lowest BCUT2D eigenvalue weighted by molar-refractivity contribution is -0.137. The number of ether oxygens (including phenoxy) is 1. The monoisotopic (exact) mass is 377 g/mol. The molecule has 0 bridgehead atoms. The number of nitrogens with zero attached hydrogens (tertiary/aromatic N) is 2. The van der Waals surface area contributed by atoms with Crippen molar-refractivity contribution >= 4 is 10.9 Å². The van der Waals surface area contributed by atoms with E-state index in [4.69, 9.17) is 4.74 Å². The van der Waals surface area contributed by atoms with Gasteiger partial charge in [0.1, 0.15) is 0 Å². The molecule has 0 saturated carbocycles. The number of pyridine rings is 1. The van der Waals surface area contributed by atoms with Crippen LogP contribution in [0.3, 0.4) is 0 Å². The van der Waals surface area contributed by atoms with E-state index in [9.17, 15) is 18.3 Å². The molecule has 3 heterocycles. The van der Waals surface area contributed by atoms with Gasteiger partial charge in [-0.25, -0.2) is 0 Å². The van der Waals surface area contributed by atoms with Crippen molar-refractivity contribution in [1.29, 1.82) is 0 Å². The van der Waals surface area contributed by atoms with Gasteiger partial charge in [-0.05, 0) is 29.8 Å². The predicted molar refractivity (Wildman–Crippen MR) is 94.3 cm³/mol. The van der Waals surface area contributed by atoms with Crippen LogP contribution in [0.4, 0.5) is 13.2 Å². The van der Waals surface area contributed by atoms with E-state index in [1.165, 1.54) is 6.07 Å². The maximum atomic E-state index is 13.0. The van der Waals surface area contributed by atoms with Crippen LogP contribution in [-0.2, 0) is 17.5 Å². The highest BCUT2D eigenvalue weighted by Gasteiger charge is 2.31. The lowest BCUT2D eigenvalue weighted by Crippen LogP contribution is -2.35. The first-order valence-corrected chi connectivity index (χ1v) is 8.59. The highest BCUT2D eigenvalue weighted by atomic mass is 19.4. The van der Waals surface area contributed by atoms with Gasteiger partial charge in [-0.2, -0.15) is 13.2 Å². The van der Waals surface area contributed by atoms with Crippen molar-refractivity contribution in [3.8, 4) is 17.1 Å². The highest BCUT2D eigenvalue weighted by Crippen LogP contribution is 2.39. The summed E-state index contributed by atoms with van der Waals surface area (Å²) in [5, 5.41) is 10.5. The summed E-state index contributed by atoms with van der Waals surface area (Å²) in [5.41, 5.74) is 1.35. The molecule has 8 heteroatoms. The molecule has 2 N–H and O–H groups in total. The standard InChI is InChI=1S/C19H18F3N3O2/c20-19(21,22)13-2-4-15-14(9-13)17(18(26)24-15)16-3-1-12(10-23-16)11-25-5-7-27-8-6-25/h1-4,9-10,24,26H,5-8,11H2. The first-order chi connectivity index (χ1) is 12.9. The van der Waals surface area contributed by atoms with Crippen molar-refractivity contribution in [2.24, 2.45) is 0 Å². The summed E-state index contributed by atoms with van der Waals surface area (Å²) in [6.45, 7) is 3.84. The number of halogens is 3. The molecule has 27 heavy (non-hydrogen) atoms. The minimum Gasteiger partial charge on any atom is -0.494 e. The second-order valence-corrected chi connectivity index (χ2v) is 6.55. The number of aromatic nitrogens is 2. The van der Waals surface area contributed by atoms with Crippen LogP contribution in [0, 0.1) is 0 Å². The zero-order chi connectivity index (χ0) is 19.0. The maximum Gasteiger partial charge on any atom is 0.416 e. The van der Waals surface area contributed by atoms with E-state index in [0.717, 1.165) is 37.3 Å². The van der Waals surface area contributed by atoms with Crippen molar-refractivity contribution in [3.63, 3.8) is 0 Å². The van der Waals surface area contributed by atoms with Gasteiger partial charge < -0.3 is 14.8 Å². The Balaban J connectivity index is 1.66. The molecular weight excluding hydrogens is 359 g/mol. The Hall–Kier alpha value is -2.58. The van der Waals surface area contributed by atoms with E-state index >= 15 is 0 Å². The number of nitrogens with one attached hydrogen (secondary N) is 1. The third-order valence-electron chi connectivity index (χ3n) is 4.70. The second-order valence-electron chi connectivity index (χ2n) is 6.55. The third kappa shape index (κ3) is 3.63. The summed E-state index contributed by atoms with van der Waals surface area (Å²) in [5.74, 6) is -0.197. The highest BCUT2D eigenvalue weighted by molar-refractivity contribution is 5.98. The fourth-order valence-electron chi connectivity index (χ4n) is 3.30. The molecule has 1 fully saturated rings. The zero-order valence-electron chi connectivity index (χ0n) is 14.4. The SMILES string of the molecule is Oc1[nH]c2ccc(C(F)(F)F)cc2c1-c1ccc(CN2CCOCC2)cn1. The number of hydrogen-bond acceptors (Lipinski definition) is 4. The summed E-state index contributed by atoms with van der Waals surface area (Å²) < 4.78 is 44.4. The van der Waals surface area contributed by atoms with Crippen molar-refractivity contribution in [2.45, 2.75) is 12.7 Å². The van der Waals surface area contributed by atoms with Crippen LogP contribution >= 0.6 is 0 Å². The lowest BCUT2D eigenvalue weighted by atomic mass is 10.1. The molecule has 4 rings (SSSR count). The molecule has 5 nitrogen and oxygen atoms in total. The van der Waals surface area contributed by atoms with Crippen LogP contribution in [0.15, 0.2) is 36.5 Å². The number of aromatic amines is 1. The molecule has 142 valence electrons. The molecule has 0 amide bonds. The first-order valence-electron chi connectivity index (χ1n) is 8.59. The van der Waals surface area contributed by atoms with Crippen LogP contribution in [0.5, 0.6) is 5.88 Å². The molecule has 0 radical (unpaired) electrons. The molecular formula is C19H18F3N3O2. The quantitative estimate of drug-likeness (QED) is 0.729. The number of benzene rings is 1. The van der Waals surface area contributed by atoms with Crippen LogP contribution in [0.25, 0.3) is 22.2 Å². The maximum absolute atomic E-state index is 13.0. The summed E-state index contributed by atoms with van der Waals surface area (Å²) in [4.78, 5) is 9.33. The molecule has 2 aromatic heterocycles. The van der Waals surface area contributed by atoms with E-state index in [-0.39, 0.29) is 16.8 Å². The number of hydrogen-bond donors (Lipinski definition) is 2. The number of alkyl halides is 3. The summed E-state index contributed by atoms with van der Waals surface area (Å²) in [6.07, 6.45) is -2.76.